The number of halogens is 1. The van der Waals surface area contributed by atoms with Crippen LogP contribution in [0.15, 0.2) is 42.5 Å². The Morgan fingerprint density at radius 1 is 1.20 bits per heavy atom. The van der Waals surface area contributed by atoms with Crippen LogP contribution in [0.4, 0.5) is 0 Å². The standard InChI is InChI=1S/C15H13ClN2OS/c1-2-19-13-9-4-3-8-12(13)18-14-10(16)6-5-7-11(14)17-15(18)20/h3-9H,2H2,1H3,(H,17,20). The number of fused-ring (bicyclic) bond motifs is 1. The highest BCUT2D eigenvalue weighted by atomic mass is 35.5. The Kier molecular flexibility index (Phi) is 3.51. The number of nitrogens with zero attached hydrogens (tertiary/aromatic N) is 1. The monoisotopic (exact) mass is 304 g/mol. The van der Waals surface area contributed by atoms with Crippen LogP contribution in [0.3, 0.4) is 0 Å². The minimum absolute atomic E-state index is 0.597. The number of hydrogen-bond donors (Lipinski definition) is 1. The van der Waals surface area contributed by atoms with E-state index in [0.29, 0.717) is 16.4 Å². The molecule has 0 aliphatic carbocycles. The molecular weight excluding hydrogens is 292 g/mol. The second kappa shape index (κ2) is 5.31. The second-order valence-corrected chi connectivity index (χ2v) is 5.10. The average Bonchev–Trinajstić information content (AvgIpc) is 2.77. The van der Waals surface area contributed by atoms with Gasteiger partial charge in [0.25, 0.3) is 0 Å². The third kappa shape index (κ3) is 2.11. The molecule has 102 valence electrons. The number of aromatic nitrogens is 2. The molecule has 0 aliphatic rings. The summed E-state index contributed by atoms with van der Waals surface area (Å²) >= 11 is 11.8. The highest BCUT2D eigenvalue weighted by Gasteiger charge is 2.13. The van der Waals surface area contributed by atoms with Crippen LogP contribution in [-0.4, -0.2) is 16.2 Å². The molecule has 0 amide bonds. The van der Waals surface area contributed by atoms with Gasteiger partial charge in [-0.1, -0.05) is 29.8 Å². The van der Waals surface area contributed by atoms with Crippen molar-refractivity contribution in [2.45, 2.75) is 6.92 Å². The van der Waals surface area contributed by atoms with Crippen LogP contribution in [0.25, 0.3) is 16.7 Å². The van der Waals surface area contributed by atoms with E-state index in [0.717, 1.165) is 22.5 Å². The summed E-state index contributed by atoms with van der Waals surface area (Å²) in [7, 11) is 0. The second-order valence-electron chi connectivity index (χ2n) is 4.30. The molecule has 3 rings (SSSR count). The van der Waals surface area contributed by atoms with Crippen molar-refractivity contribution in [3.05, 3.63) is 52.3 Å². The molecule has 20 heavy (non-hydrogen) atoms. The molecule has 3 aromatic rings. The summed E-state index contributed by atoms with van der Waals surface area (Å²) in [6.45, 7) is 2.55. The summed E-state index contributed by atoms with van der Waals surface area (Å²) in [5.74, 6) is 0.784. The van der Waals surface area contributed by atoms with E-state index in [4.69, 9.17) is 28.6 Å². The van der Waals surface area contributed by atoms with Crippen molar-refractivity contribution in [1.29, 1.82) is 0 Å². The maximum atomic E-state index is 6.33. The van der Waals surface area contributed by atoms with Crippen molar-refractivity contribution in [2.75, 3.05) is 6.61 Å². The number of benzene rings is 2. The third-order valence-corrected chi connectivity index (χ3v) is 3.65. The first-order valence-corrected chi connectivity index (χ1v) is 7.12. The van der Waals surface area contributed by atoms with Gasteiger partial charge in [0.2, 0.25) is 0 Å². The fraction of sp³-hybridized carbons (Fsp3) is 0.133. The van der Waals surface area contributed by atoms with Gasteiger partial charge in [0.1, 0.15) is 5.75 Å². The Hall–Kier alpha value is -1.78. The molecule has 1 N–H and O–H groups in total. The number of imidazole rings is 1. The Labute approximate surface area is 126 Å². The summed E-state index contributed by atoms with van der Waals surface area (Å²) in [6.07, 6.45) is 0. The zero-order valence-corrected chi connectivity index (χ0v) is 12.5. The van der Waals surface area contributed by atoms with Gasteiger partial charge >= 0.3 is 0 Å². The van der Waals surface area contributed by atoms with E-state index < -0.39 is 0 Å². The number of hydrogen-bond acceptors (Lipinski definition) is 2. The van der Waals surface area contributed by atoms with E-state index in [2.05, 4.69) is 4.98 Å². The molecule has 1 aromatic heterocycles. The first-order valence-electron chi connectivity index (χ1n) is 6.34. The Bertz CT molecular complexity index is 822. The predicted molar refractivity (Wildman–Crippen MR) is 84.6 cm³/mol. The summed E-state index contributed by atoms with van der Waals surface area (Å²) < 4.78 is 8.19. The van der Waals surface area contributed by atoms with Gasteiger partial charge in [-0.25, -0.2) is 0 Å². The van der Waals surface area contributed by atoms with Gasteiger partial charge in [-0.3, -0.25) is 4.57 Å². The van der Waals surface area contributed by atoms with Gasteiger partial charge in [-0.2, -0.15) is 0 Å². The van der Waals surface area contributed by atoms with Crippen LogP contribution in [0.2, 0.25) is 5.02 Å². The quantitative estimate of drug-likeness (QED) is 0.708. The van der Waals surface area contributed by atoms with Crippen molar-refractivity contribution in [3.8, 4) is 11.4 Å². The molecule has 0 bridgehead atoms. The number of ether oxygens (including phenoxy) is 1. The largest absolute Gasteiger partial charge is 0.492 e. The van der Waals surface area contributed by atoms with Gasteiger partial charge in [-0.05, 0) is 43.4 Å². The molecule has 0 saturated carbocycles. The Balaban J connectivity index is 2.35. The summed E-state index contributed by atoms with van der Waals surface area (Å²) in [5.41, 5.74) is 2.67. The van der Waals surface area contributed by atoms with Crippen LogP contribution < -0.4 is 4.74 Å². The number of nitrogens with one attached hydrogen (secondary N) is 1. The molecule has 0 radical (unpaired) electrons. The summed E-state index contributed by atoms with van der Waals surface area (Å²) in [5, 5.41) is 0.654. The third-order valence-electron chi connectivity index (χ3n) is 3.06. The minimum Gasteiger partial charge on any atom is -0.492 e. The van der Waals surface area contributed by atoms with Crippen LogP contribution in [-0.2, 0) is 0 Å². The minimum atomic E-state index is 0.597. The molecule has 0 saturated heterocycles. The smallest absolute Gasteiger partial charge is 0.182 e. The lowest BCUT2D eigenvalue weighted by atomic mass is 10.2. The number of rotatable bonds is 3. The van der Waals surface area contributed by atoms with E-state index in [1.54, 1.807) is 0 Å². The molecule has 0 fully saturated rings. The summed E-state index contributed by atoms with van der Waals surface area (Å²) in [6, 6.07) is 13.5. The summed E-state index contributed by atoms with van der Waals surface area (Å²) in [4.78, 5) is 3.17. The first-order chi connectivity index (χ1) is 9.72. The Morgan fingerprint density at radius 3 is 2.80 bits per heavy atom. The van der Waals surface area contributed by atoms with Crippen molar-refractivity contribution in [3.63, 3.8) is 0 Å². The van der Waals surface area contributed by atoms with Crippen molar-refractivity contribution < 1.29 is 4.74 Å². The normalized spacial score (nSPS) is 10.9. The van der Waals surface area contributed by atoms with Gasteiger partial charge in [0.15, 0.2) is 4.77 Å². The van der Waals surface area contributed by atoms with E-state index in [1.807, 2.05) is 54.0 Å². The average molecular weight is 305 g/mol. The first kappa shape index (κ1) is 13.2. The predicted octanol–water partition coefficient (Wildman–Crippen LogP) is 4.74. The highest BCUT2D eigenvalue weighted by molar-refractivity contribution is 7.71. The molecule has 0 spiro atoms. The van der Waals surface area contributed by atoms with Crippen molar-refractivity contribution >= 4 is 34.9 Å². The van der Waals surface area contributed by atoms with Crippen LogP contribution >= 0.6 is 23.8 Å². The van der Waals surface area contributed by atoms with E-state index >= 15 is 0 Å². The van der Waals surface area contributed by atoms with Gasteiger partial charge in [0.05, 0.1) is 28.4 Å². The lowest BCUT2D eigenvalue weighted by Gasteiger charge is -2.12. The zero-order chi connectivity index (χ0) is 14.1. The molecule has 3 nitrogen and oxygen atoms in total. The van der Waals surface area contributed by atoms with Gasteiger partial charge in [-0.15, -0.1) is 0 Å². The Morgan fingerprint density at radius 2 is 2.00 bits per heavy atom. The fourth-order valence-corrected chi connectivity index (χ4v) is 2.82. The van der Waals surface area contributed by atoms with E-state index in [-0.39, 0.29) is 0 Å². The van der Waals surface area contributed by atoms with Crippen LogP contribution in [0, 0.1) is 4.77 Å². The lowest BCUT2D eigenvalue weighted by molar-refractivity contribution is 0.339. The SMILES string of the molecule is CCOc1ccccc1-n1c(=S)[nH]c2cccc(Cl)c21. The maximum Gasteiger partial charge on any atom is 0.182 e. The van der Waals surface area contributed by atoms with Gasteiger partial charge < -0.3 is 9.72 Å². The van der Waals surface area contributed by atoms with Crippen LogP contribution in [0.5, 0.6) is 5.75 Å². The fourth-order valence-electron chi connectivity index (χ4n) is 2.27. The number of para-hydroxylation sites is 3. The molecule has 0 unspecified atom stereocenters. The van der Waals surface area contributed by atoms with E-state index in [9.17, 15) is 0 Å². The van der Waals surface area contributed by atoms with Crippen molar-refractivity contribution in [1.82, 2.24) is 9.55 Å². The lowest BCUT2D eigenvalue weighted by Crippen LogP contribution is -2.00. The molecule has 2 aromatic carbocycles. The van der Waals surface area contributed by atoms with Crippen LogP contribution in [0.1, 0.15) is 6.92 Å². The van der Waals surface area contributed by atoms with Crippen molar-refractivity contribution in [2.24, 2.45) is 0 Å². The van der Waals surface area contributed by atoms with Gasteiger partial charge in [0, 0.05) is 0 Å². The number of aromatic amines is 1. The molecular formula is C15H13ClN2OS. The van der Waals surface area contributed by atoms with E-state index in [1.165, 1.54) is 0 Å². The molecule has 0 atom stereocenters. The number of H-pyrrole nitrogens is 1. The maximum absolute atomic E-state index is 6.33. The molecule has 5 heteroatoms. The molecule has 1 heterocycles. The highest BCUT2D eigenvalue weighted by Crippen LogP contribution is 2.30. The topological polar surface area (TPSA) is 29.9 Å². The molecule has 0 aliphatic heterocycles. The zero-order valence-electron chi connectivity index (χ0n) is 10.9.